The monoisotopic (exact) mass is 271 g/mol. The van der Waals surface area contributed by atoms with Crippen molar-refractivity contribution in [3.8, 4) is 5.75 Å². The average Bonchev–Trinajstić information content (AvgIpc) is 2.52. The van der Waals surface area contributed by atoms with E-state index < -0.39 is 6.10 Å². The van der Waals surface area contributed by atoms with Crippen molar-refractivity contribution in [2.75, 3.05) is 6.61 Å². The largest absolute Gasteiger partial charge is 0.494 e. The van der Waals surface area contributed by atoms with Crippen LogP contribution in [0.15, 0.2) is 48.8 Å². The molecular weight excluding hydrogens is 250 g/mol. The molecule has 2 aromatic rings. The molecule has 0 aliphatic rings. The Bertz CT molecular complexity index is 496. The molecule has 1 atom stereocenters. The van der Waals surface area contributed by atoms with E-state index in [1.807, 2.05) is 24.3 Å². The van der Waals surface area contributed by atoms with Crippen molar-refractivity contribution in [3.05, 3.63) is 59.9 Å². The number of nitrogens with zero attached hydrogens (tertiary/aromatic N) is 1. The van der Waals surface area contributed by atoms with Crippen molar-refractivity contribution in [2.45, 2.75) is 32.3 Å². The Labute approximate surface area is 120 Å². The third kappa shape index (κ3) is 4.35. The molecule has 0 aliphatic heterocycles. The molecule has 0 spiro atoms. The molecule has 3 heteroatoms. The zero-order valence-corrected chi connectivity index (χ0v) is 11.8. The first-order valence-electron chi connectivity index (χ1n) is 7.09. The van der Waals surface area contributed by atoms with Crippen LogP contribution in [0.4, 0.5) is 0 Å². The van der Waals surface area contributed by atoms with Crippen LogP contribution in [0, 0.1) is 0 Å². The first-order valence-corrected chi connectivity index (χ1v) is 7.09. The fraction of sp³-hybridized carbons (Fsp3) is 0.353. The number of ether oxygens (including phenoxy) is 1. The maximum absolute atomic E-state index is 10.1. The lowest BCUT2D eigenvalue weighted by molar-refractivity contribution is 0.167. The molecule has 1 unspecified atom stereocenters. The van der Waals surface area contributed by atoms with Crippen molar-refractivity contribution < 1.29 is 9.84 Å². The lowest BCUT2D eigenvalue weighted by Crippen LogP contribution is -2.00. The van der Waals surface area contributed by atoms with Gasteiger partial charge in [-0.2, -0.15) is 0 Å². The number of aliphatic hydroxyl groups excluding tert-OH is 1. The summed E-state index contributed by atoms with van der Waals surface area (Å²) in [5.41, 5.74) is 2.08. The van der Waals surface area contributed by atoms with Gasteiger partial charge < -0.3 is 9.84 Å². The van der Waals surface area contributed by atoms with Gasteiger partial charge in [0.25, 0.3) is 0 Å². The lowest BCUT2D eigenvalue weighted by Gasteiger charge is -2.11. The Balaban J connectivity index is 1.84. The molecule has 0 aliphatic carbocycles. The number of aryl methyl sites for hydroxylation is 1. The summed E-state index contributed by atoms with van der Waals surface area (Å²) in [5, 5.41) is 10.1. The molecule has 0 amide bonds. The number of aliphatic hydroxyl groups is 1. The third-order valence-corrected chi connectivity index (χ3v) is 3.17. The molecule has 0 fully saturated rings. The van der Waals surface area contributed by atoms with E-state index in [-0.39, 0.29) is 0 Å². The van der Waals surface area contributed by atoms with E-state index >= 15 is 0 Å². The summed E-state index contributed by atoms with van der Waals surface area (Å²) in [6, 6.07) is 11.8. The highest BCUT2D eigenvalue weighted by Crippen LogP contribution is 2.19. The van der Waals surface area contributed by atoms with Crippen molar-refractivity contribution in [1.29, 1.82) is 0 Å². The van der Waals surface area contributed by atoms with Gasteiger partial charge in [0.1, 0.15) is 5.75 Å². The van der Waals surface area contributed by atoms with Crippen molar-refractivity contribution in [1.82, 2.24) is 4.98 Å². The van der Waals surface area contributed by atoms with E-state index in [2.05, 4.69) is 24.0 Å². The Morgan fingerprint density at radius 1 is 1.20 bits per heavy atom. The maximum atomic E-state index is 10.1. The highest BCUT2D eigenvalue weighted by atomic mass is 16.5. The van der Waals surface area contributed by atoms with E-state index in [0.717, 1.165) is 30.8 Å². The predicted molar refractivity (Wildman–Crippen MR) is 79.7 cm³/mol. The van der Waals surface area contributed by atoms with Crippen LogP contribution in [-0.4, -0.2) is 16.7 Å². The molecule has 106 valence electrons. The van der Waals surface area contributed by atoms with E-state index in [1.165, 1.54) is 5.56 Å². The van der Waals surface area contributed by atoms with Crippen LogP contribution in [0.1, 0.15) is 37.0 Å². The first-order chi connectivity index (χ1) is 9.79. The van der Waals surface area contributed by atoms with Crippen molar-refractivity contribution in [3.63, 3.8) is 0 Å². The first kappa shape index (κ1) is 14.5. The minimum Gasteiger partial charge on any atom is -0.494 e. The molecule has 1 aromatic heterocycles. The summed E-state index contributed by atoms with van der Waals surface area (Å²) in [7, 11) is 0. The highest BCUT2D eigenvalue weighted by Gasteiger charge is 2.07. The van der Waals surface area contributed by atoms with E-state index in [0.29, 0.717) is 6.42 Å². The van der Waals surface area contributed by atoms with Gasteiger partial charge in [-0.1, -0.05) is 25.1 Å². The van der Waals surface area contributed by atoms with Gasteiger partial charge in [-0.25, -0.2) is 0 Å². The number of hydrogen-bond acceptors (Lipinski definition) is 3. The van der Waals surface area contributed by atoms with Gasteiger partial charge >= 0.3 is 0 Å². The Morgan fingerprint density at radius 2 is 2.00 bits per heavy atom. The minimum absolute atomic E-state index is 0.459. The van der Waals surface area contributed by atoms with E-state index in [4.69, 9.17) is 4.74 Å². The second-order valence-corrected chi connectivity index (χ2v) is 4.83. The lowest BCUT2D eigenvalue weighted by atomic mass is 10.0. The van der Waals surface area contributed by atoms with Crippen LogP contribution < -0.4 is 4.74 Å². The van der Waals surface area contributed by atoms with Crippen molar-refractivity contribution in [2.24, 2.45) is 0 Å². The molecule has 0 bridgehead atoms. The number of aromatic nitrogens is 1. The van der Waals surface area contributed by atoms with E-state index in [9.17, 15) is 5.11 Å². The van der Waals surface area contributed by atoms with Crippen LogP contribution in [0.25, 0.3) is 0 Å². The van der Waals surface area contributed by atoms with Gasteiger partial charge in [-0.05, 0) is 48.6 Å². The van der Waals surface area contributed by atoms with Crippen LogP contribution in [0.5, 0.6) is 5.75 Å². The molecule has 0 saturated heterocycles. The van der Waals surface area contributed by atoms with Crippen molar-refractivity contribution >= 4 is 0 Å². The molecule has 3 nitrogen and oxygen atoms in total. The molecule has 20 heavy (non-hydrogen) atoms. The van der Waals surface area contributed by atoms with Gasteiger partial charge in [0.2, 0.25) is 0 Å². The molecule has 0 saturated carbocycles. The molecular formula is C17H21NO2. The van der Waals surface area contributed by atoms with Gasteiger partial charge in [0.05, 0.1) is 12.7 Å². The molecule has 2 rings (SSSR count). The predicted octanol–water partition coefficient (Wildman–Crippen LogP) is 3.54. The zero-order chi connectivity index (χ0) is 14.2. The topological polar surface area (TPSA) is 42.4 Å². The van der Waals surface area contributed by atoms with E-state index in [1.54, 1.807) is 12.4 Å². The summed E-state index contributed by atoms with van der Waals surface area (Å²) in [4.78, 5) is 4.02. The Kier molecular flexibility index (Phi) is 5.56. The third-order valence-electron chi connectivity index (χ3n) is 3.17. The van der Waals surface area contributed by atoms with Crippen LogP contribution in [0.2, 0.25) is 0 Å². The van der Waals surface area contributed by atoms with Gasteiger partial charge in [0, 0.05) is 12.4 Å². The second kappa shape index (κ2) is 7.65. The summed E-state index contributed by atoms with van der Waals surface area (Å²) >= 11 is 0. The molecule has 1 aromatic carbocycles. The number of hydrogen-bond donors (Lipinski definition) is 1. The number of pyridine rings is 1. The molecule has 1 heterocycles. The maximum Gasteiger partial charge on any atom is 0.119 e. The molecule has 0 radical (unpaired) electrons. The smallest absolute Gasteiger partial charge is 0.119 e. The fourth-order valence-electron chi connectivity index (χ4n) is 2.02. The Morgan fingerprint density at radius 3 is 2.65 bits per heavy atom. The summed E-state index contributed by atoms with van der Waals surface area (Å²) < 4.78 is 5.55. The molecule has 1 N–H and O–H groups in total. The van der Waals surface area contributed by atoms with Gasteiger partial charge in [-0.15, -0.1) is 0 Å². The number of rotatable bonds is 7. The Hall–Kier alpha value is -1.87. The minimum atomic E-state index is -0.459. The number of benzene rings is 1. The highest BCUT2D eigenvalue weighted by molar-refractivity contribution is 5.27. The van der Waals surface area contributed by atoms with Gasteiger partial charge in [-0.3, -0.25) is 4.98 Å². The quantitative estimate of drug-likeness (QED) is 0.837. The van der Waals surface area contributed by atoms with Gasteiger partial charge in [0.15, 0.2) is 0 Å². The average molecular weight is 271 g/mol. The summed E-state index contributed by atoms with van der Waals surface area (Å²) in [6.45, 7) is 2.84. The van der Waals surface area contributed by atoms with Crippen LogP contribution in [0.3, 0.4) is 0 Å². The summed E-state index contributed by atoms with van der Waals surface area (Å²) in [6.07, 6.45) is 5.52. The summed E-state index contributed by atoms with van der Waals surface area (Å²) in [5.74, 6) is 0.906. The normalized spacial score (nSPS) is 12.1. The second-order valence-electron chi connectivity index (χ2n) is 4.83. The standard InChI is InChI=1S/C17H21NO2/c1-2-12-20-16-8-5-14(6-9-16)7-10-17(19)15-4-3-11-18-13-15/h3-6,8-9,11,13,17,19H,2,7,10,12H2,1H3. The zero-order valence-electron chi connectivity index (χ0n) is 11.8. The fourth-order valence-corrected chi connectivity index (χ4v) is 2.02. The van der Waals surface area contributed by atoms with Crippen LogP contribution in [-0.2, 0) is 6.42 Å². The SMILES string of the molecule is CCCOc1ccc(CCC(O)c2cccnc2)cc1. The van der Waals surface area contributed by atoms with Crippen LogP contribution >= 0.6 is 0 Å².